The molecule has 0 atom stereocenters. The average molecular weight is 203 g/mol. The minimum absolute atomic E-state index is 0.225. The van der Waals surface area contributed by atoms with Gasteiger partial charge in [-0.1, -0.05) is 36.2 Å². The van der Waals surface area contributed by atoms with Crippen molar-refractivity contribution >= 4 is 5.91 Å². The molecule has 15 heavy (non-hydrogen) atoms. The molecule has 1 aliphatic carbocycles. The van der Waals surface area contributed by atoms with Crippen LogP contribution in [-0.2, 0) is 11.3 Å². The molecule has 0 saturated heterocycles. The highest BCUT2D eigenvalue weighted by atomic mass is 16.1. The molecule has 0 aromatic heterocycles. The summed E-state index contributed by atoms with van der Waals surface area (Å²) in [6, 6.07) is 8.26. The van der Waals surface area contributed by atoms with Crippen LogP contribution in [0.5, 0.6) is 0 Å². The number of hydrogen-bond acceptors (Lipinski definition) is 1. The number of amides is 1. The van der Waals surface area contributed by atoms with Crippen molar-refractivity contribution in [2.45, 2.75) is 32.7 Å². The lowest BCUT2D eigenvalue weighted by atomic mass is 9.85. The molecule has 2 nitrogen and oxygen atoms in total. The third-order valence-electron chi connectivity index (χ3n) is 3.03. The van der Waals surface area contributed by atoms with Gasteiger partial charge in [0.1, 0.15) is 0 Å². The van der Waals surface area contributed by atoms with Gasteiger partial charge < -0.3 is 5.32 Å². The van der Waals surface area contributed by atoms with Crippen molar-refractivity contribution in [3.63, 3.8) is 0 Å². The molecule has 1 aliphatic rings. The number of benzene rings is 1. The number of aryl methyl sites for hydroxylation is 1. The first-order chi connectivity index (χ1) is 7.25. The van der Waals surface area contributed by atoms with Gasteiger partial charge in [0, 0.05) is 12.5 Å². The monoisotopic (exact) mass is 203 g/mol. The summed E-state index contributed by atoms with van der Waals surface area (Å²) in [5.41, 5.74) is 2.42. The minimum atomic E-state index is 0.225. The predicted molar refractivity (Wildman–Crippen MR) is 60.4 cm³/mol. The Labute approximate surface area is 90.7 Å². The van der Waals surface area contributed by atoms with E-state index in [2.05, 4.69) is 24.4 Å². The number of nitrogens with one attached hydrogen (secondary N) is 1. The molecular weight excluding hydrogens is 186 g/mol. The maximum absolute atomic E-state index is 11.6. The summed E-state index contributed by atoms with van der Waals surface area (Å²) in [5.74, 6) is 0.512. The molecule has 2 rings (SSSR count). The number of carbonyl (C=O) groups excluding carboxylic acids is 1. The van der Waals surface area contributed by atoms with Gasteiger partial charge in [-0.2, -0.15) is 0 Å². The lowest BCUT2D eigenvalue weighted by molar-refractivity contribution is -0.127. The smallest absolute Gasteiger partial charge is 0.223 e. The Bertz CT molecular complexity index is 355. The molecule has 80 valence electrons. The van der Waals surface area contributed by atoms with Crippen molar-refractivity contribution in [2.75, 3.05) is 0 Å². The van der Waals surface area contributed by atoms with Crippen LogP contribution in [0.15, 0.2) is 24.3 Å². The lowest BCUT2D eigenvalue weighted by Crippen LogP contribution is -2.33. The Balaban J connectivity index is 1.84. The Kier molecular flexibility index (Phi) is 3.05. The van der Waals surface area contributed by atoms with E-state index in [1.165, 1.54) is 17.5 Å². The van der Waals surface area contributed by atoms with Gasteiger partial charge in [-0.15, -0.1) is 0 Å². The quantitative estimate of drug-likeness (QED) is 0.803. The highest BCUT2D eigenvalue weighted by Gasteiger charge is 2.24. The number of rotatable bonds is 3. The average Bonchev–Trinajstić information content (AvgIpc) is 2.12. The Morgan fingerprint density at radius 3 is 2.87 bits per heavy atom. The predicted octanol–water partition coefficient (Wildman–Crippen LogP) is 2.41. The van der Waals surface area contributed by atoms with Gasteiger partial charge in [0.05, 0.1) is 0 Å². The summed E-state index contributed by atoms with van der Waals surface area (Å²) < 4.78 is 0. The van der Waals surface area contributed by atoms with Crippen LogP contribution in [-0.4, -0.2) is 5.91 Å². The molecule has 1 N–H and O–H groups in total. The van der Waals surface area contributed by atoms with E-state index in [9.17, 15) is 4.79 Å². The summed E-state index contributed by atoms with van der Waals surface area (Å²) in [4.78, 5) is 11.6. The van der Waals surface area contributed by atoms with E-state index in [1.54, 1.807) is 0 Å². The van der Waals surface area contributed by atoms with E-state index in [4.69, 9.17) is 0 Å². The van der Waals surface area contributed by atoms with Crippen LogP contribution >= 0.6 is 0 Å². The van der Waals surface area contributed by atoms with Crippen LogP contribution in [0.25, 0.3) is 0 Å². The summed E-state index contributed by atoms with van der Waals surface area (Å²) in [6.45, 7) is 2.73. The summed E-state index contributed by atoms with van der Waals surface area (Å²) in [6.07, 6.45) is 3.35. The van der Waals surface area contributed by atoms with Crippen LogP contribution in [0.4, 0.5) is 0 Å². The van der Waals surface area contributed by atoms with Crippen molar-refractivity contribution in [3.8, 4) is 0 Å². The van der Waals surface area contributed by atoms with Crippen molar-refractivity contribution in [1.82, 2.24) is 5.32 Å². The topological polar surface area (TPSA) is 29.1 Å². The zero-order valence-corrected chi connectivity index (χ0v) is 9.12. The summed E-state index contributed by atoms with van der Waals surface area (Å²) in [7, 11) is 0. The standard InChI is InChI=1S/C13H17NO/c1-10-4-2-5-11(8-10)9-14-13(15)12-6-3-7-12/h2,4-5,8,12H,3,6-7,9H2,1H3,(H,14,15). The first-order valence-electron chi connectivity index (χ1n) is 5.59. The second-order valence-electron chi connectivity index (χ2n) is 4.33. The molecular formula is C13H17NO. The molecule has 1 saturated carbocycles. The zero-order chi connectivity index (χ0) is 10.7. The van der Waals surface area contributed by atoms with Gasteiger partial charge in [0.15, 0.2) is 0 Å². The van der Waals surface area contributed by atoms with Gasteiger partial charge in [0.25, 0.3) is 0 Å². The van der Waals surface area contributed by atoms with E-state index < -0.39 is 0 Å². The van der Waals surface area contributed by atoms with Crippen LogP contribution in [0, 0.1) is 12.8 Å². The van der Waals surface area contributed by atoms with Crippen molar-refractivity contribution in [3.05, 3.63) is 35.4 Å². The molecule has 2 heteroatoms. The van der Waals surface area contributed by atoms with Crippen molar-refractivity contribution in [2.24, 2.45) is 5.92 Å². The maximum Gasteiger partial charge on any atom is 0.223 e. The maximum atomic E-state index is 11.6. The summed E-state index contributed by atoms with van der Waals surface area (Å²) >= 11 is 0. The fraction of sp³-hybridized carbons (Fsp3) is 0.462. The molecule has 0 spiro atoms. The molecule has 1 amide bonds. The molecule has 0 unspecified atom stereocenters. The Morgan fingerprint density at radius 2 is 2.27 bits per heavy atom. The summed E-state index contributed by atoms with van der Waals surface area (Å²) in [5, 5.41) is 2.99. The first kappa shape index (κ1) is 10.2. The zero-order valence-electron chi connectivity index (χ0n) is 9.12. The second-order valence-corrected chi connectivity index (χ2v) is 4.33. The van der Waals surface area contributed by atoms with Crippen molar-refractivity contribution < 1.29 is 4.79 Å². The van der Waals surface area contributed by atoms with Gasteiger partial charge >= 0.3 is 0 Å². The Morgan fingerprint density at radius 1 is 1.47 bits per heavy atom. The largest absolute Gasteiger partial charge is 0.352 e. The minimum Gasteiger partial charge on any atom is -0.352 e. The van der Waals surface area contributed by atoms with Gasteiger partial charge in [-0.3, -0.25) is 4.79 Å². The molecule has 0 radical (unpaired) electrons. The van der Waals surface area contributed by atoms with E-state index in [0.29, 0.717) is 6.54 Å². The van der Waals surface area contributed by atoms with Gasteiger partial charge in [-0.25, -0.2) is 0 Å². The molecule has 0 aliphatic heterocycles. The molecule has 1 fully saturated rings. The Hall–Kier alpha value is -1.31. The first-order valence-corrected chi connectivity index (χ1v) is 5.59. The molecule has 0 bridgehead atoms. The third-order valence-corrected chi connectivity index (χ3v) is 3.03. The van der Waals surface area contributed by atoms with E-state index in [1.807, 2.05) is 12.1 Å². The second kappa shape index (κ2) is 4.47. The molecule has 1 aromatic carbocycles. The highest BCUT2D eigenvalue weighted by Crippen LogP contribution is 2.26. The highest BCUT2D eigenvalue weighted by molar-refractivity contribution is 5.79. The van der Waals surface area contributed by atoms with Crippen molar-refractivity contribution in [1.29, 1.82) is 0 Å². The number of carbonyl (C=O) groups is 1. The molecule has 0 heterocycles. The number of hydrogen-bond donors (Lipinski definition) is 1. The van der Waals surface area contributed by atoms with Crippen LogP contribution < -0.4 is 5.32 Å². The SMILES string of the molecule is Cc1cccc(CNC(=O)C2CCC2)c1. The van der Waals surface area contributed by atoms with Crippen LogP contribution in [0.2, 0.25) is 0 Å². The van der Waals surface area contributed by atoms with Gasteiger partial charge in [0.2, 0.25) is 5.91 Å². The normalized spacial score (nSPS) is 15.8. The van der Waals surface area contributed by atoms with Crippen LogP contribution in [0.1, 0.15) is 30.4 Å². The van der Waals surface area contributed by atoms with E-state index in [0.717, 1.165) is 12.8 Å². The third kappa shape index (κ3) is 2.58. The van der Waals surface area contributed by atoms with E-state index >= 15 is 0 Å². The fourth-order valence-corrected chi connectivity index (χ4v) is 1.83. The fourth-order valence-electron chi connectivity index (χ4n) is 1.83. The molecule has 1 aromatic rings. The van der Waals surface area contributed by atoms with E-state index in [-0.39, 0.29) is 11.8 Å². The van der Waals surface area contributed by atoms with Gasteiger partial charge in [-0.05, 0) is 25.3 Å². The van der Waals surface area contributed by atoms with Crippen LogP contribution in [0.3, 0.4) is 0 Å². The lowest BCUT2D eigenvalue weighted by Gasteiger charge is -2.24.